The largest absolute Gasteiger partial charge is 0.490 e. The molecule has 104 valence electrons. The molecule has 2 aromatic rings. The van der Waals surface area contributed by atoms with Gasteiger partial charge in [-0.3, -0.25) is 4.79 Å². The van der Waals surface area contributed by atoms with Crippen LogP contribution in [-0.4, -0.2) is 32.9 Å². The number of rotatable bonds is 3. The minimum absolute atomic E-state index is 0.128. The van der Waals surface area contributed by atoms with E-state index in [0.717, 1.165) is 4.68 Å². The molecule has 0 saturated heterocycles. The van der Waals surface area contributed by atoms with Crippen LogP contribution in [0, 0.1) is 12.9 Å². The minimum atomic E-state index is -1.73. The third kappa shape index (κ3) is 2.56. The fourth-order valence-electron chi connectivity index (χ4n) is 1.91. The van der Waals surface area contributed by atoms with Crippen LogP contribution in [0.5, 0.6) is 0 Å². The second kappa shape index (κ2) is 5.44. The van der Waals surface area contributed by atoms with Gasteiger partial charge in [-0.25, -0.2) is 4.68 Å². The van der Waals surface area contributed by atoms with Gasteiger partial charge < -0.3 is 15.4 Å². The van der Waals surface area contributed by atoms with E-state index in [0.29, 0.717) is 0 Å². The van der Waals surface area contributed by atoms with Gasteiger partial charge >= 0.3 is 7.12 Å². The summed E-state index contributed by atoms with van der Waals surface area (Å²) >= 11 is 0. The molecule has 0 spiro atoms. The molecule has 0 atom stereocenters. The maximum atomic E-state index is 13.8. The zero-order chi connectivity index (χ0) is 14.9. The number of aryl methyl sites for hydroxylation is 2. The Balaban J connectivity index is 2.33. The molecule has 0 bridgehead atoms. The molecular formula is C12H13BFN3O3. The van der Waals surface area contributed by atoms with Crippen molar-refractivity contribution in [3.8, 4) is 0 Å². The van der Waals surface area contributed by atoms with Crippen LogP contribution < -0.4 is 10.8 Å². The first-order valence-electron chi connectivity index (χ1n) is 5.87. The van der Waals surface area contributed by atoms with Crippen molar-refractivity contribution in [3.63, 3.8) is 0 Å². The zero-order valence-electron chi connectivity index (χ0n) is 11.0. The van der Waals surface area contributed by atoms with Crippen molar-refractivity contribution in [2.75, 3.05) is 5.32 Å². The Kier molecular flexibility index (Phi) is 3.87. The van der Waals surface area contributed by atoms with Gasteiger partial charge in [0.2, 0.25) is 5.95 Å². The Labute approximate surface area is 115 Å². The maximum absolute atomic E-state index is 13.8. The Bertz CT molecular complexity index is 657. The van der Waals surface area contributed by atoms with E-state index in [1.165, 1.54) is 26.1 Å². The lowest BCUT2D eigenvalue weighted by Crippen LogP contribution is -2.33. The van der Waals surface area contributed by atoms with E-state index in [9.17, 15) is 19.2 Å². The first-order valence-corrected chi connectivity index (χ1v) is 5.87. The van der Waals surface area contributed by atoms with Crippen molar-refractivity contribution in [2.24, 2.45) is 7.05 Å². The van der Waals surface area contributed by atoms with Crippen LogP contribution >= 0.6 is 0 Å². The van der Waals surface area contributed by atoms with Crippen molar-refractivity contribution in [3.05, 3.63) is 41.5 Å². The van der Waals surface area contributed by atoms with E-state index in [1.54, 1.807) is 12.1 Å². The second-order valence-corrected chi connectivity index (χ2v) is 4.29. The van der Waals surface area contributed by atoms with Gasteiger partial charge in [0, 0.05) is 18.2 Å². The summed E-state index contributed by atoms with van der Waals surface area (Å²) in [6.45, 7) is 1.52. The Morgan fingerprint density at radius 2 is 2.05 bits per heavy atom. The molecule has 1 aromatic carbocycles. The molecule has 0 saturated carbocycles. The third-order valence-electron chi connectivity index (χ3n) is 2.87. The lowest BCUT2D eigenvalue weighted by molar-refractivity contribution is 0.102. The lowest BCUT2D eigenvalue weighted by atomic mass is 9.79. The molecule has 2 rings (SSSR count). The summed E-state index contributed by atoms with van der Waals surface area (Å²) < 4.78 is 14.7. The Hall–Kier alpha value is -2.19. The number of amides is 1. The van der Waals surface area contributed by atoms with Gasteiger partial charge in [0.25, 0.3) is 5.91 Å². The van der Waals surface area contributed by atoms with Gasteiger partial charge in [-0.1, -0.05) is 18.2 Å². The molecule has 8 heteroatoms. The predicted octanol–water partition coefficient (Wildman–Crippen LogP) is -0.200. The highest BCUT2D eigenvalue weighted by Crippen LogP contribution is 2.14. The Morgan fingerprint density at radius 1 is 1.40 bits per heavy atom. The summed E-state index contributed by atoms with van der Waals surface area (Å²) in [7, 11) is -0.337. The van der Waals surface area contributed by atoms with E-state index >= 15 is 0 Å². The summed E-state index contributed by atoms with van der Waals surface area (Å²) in [5, 5.41) is 24.7. The standard InChI is InChI=1S/C12H13BFN3O3/c1-7-10(11(14)17(2)16-7)12(18)15-9-6-4-3-5-8(9)13(19)20/h3-6,19-20H,1-2H3,(H,15,18). The topological polar surface area (TPSA) is 87.4 Å². The molecule has 1 heterocycles. The highest BCUT2D eigenvalue weighted by molar-refractivity contribution is 6.60. The number of hydrogen-bond donors (Lipinski definition) is 3. The van der Waals surface area contributed by atoms with Crippen molar-refractivity contribution < 1.29 is 19.2 Å². The molecule has 0 aliphatic rings. The van der Waals surface area contributed by atoms with Gasteiger partial charge in [0.1, 0.15) is 5.56 Å². The molecule has 0 radical (unpaired) electrons. The van der Waals surface area contributed by atoms with Gasteiger partial charge in [-0.05, 0) is 13.0 Å². The summed E-state index contributed by atoms with van der Waals surface area (Å²) in [6.07, 6.45) is 0. The number of nitrogens with one attached hydrogen (secondary N) is 1. The molecule has 0 aliphatic heterocycles. The smallest absolute Gasteiger partial charge is 0.423 e. The highest BCUT2D eigenvalue weighted by atomic mass is 19.1. The van der Waals surface area contributed by atoms with Crippen LogP contribution in [0.2, 0.25) is 0 Å². The molecule has 1 aromatic heterocycles. The summed E-state index contributed by atoms with van der Waals surface area (Å²) in [5.41, 5.74) is 0.414. The zero-order valence-corrected chi connectivity index (χ0v) is 11.0. The van der Waals surface area contributed by atoms with Gasteiger partial charge in [0.05, 0.1) is 5.69 Å². The molecule has 3 N–H and O–H groups in total. The number of anilines is 1. The summed E-state index contributed by atoms with van der Waals surface area (Å²) in [6, 6.07) is 6.16. The molecule has 0 aliphatic carbocycles. The van der Waals surface area contributed by atoms with E-state index in [-0.39, 0.29) is 22.4 Å². The number of carbonyl (C=O) groups excluding carboxylic acids is 1. The van der Waals surface area contributed by atoms with E-state index in [2.05, 4.69) is 10.4 Å². The number of halogens is 1. The van der Waals surface area contributed by atoms with Crippen molar-refractivity contribution >= 4 is 24.2 Å². The van der Waals surface area contributed by atoms with Crippen molar-refractivity contribution in [1.29, 1.82) is 0 Å². The van der Waals surface area contributed by atoms with Crippen molar-refractivity contribution in [1.82, 2.24) is 9.78 Å². The normalized spacial score (nSPS) is 10.4. The molecule has 1 amide bonds. The quantitative estimate of drug-likeness (QED) is 0.678. The van der Waals surface area contributed by atoms with Gasteiger partial charge in [-0.2, -0.15) is 9.49 Å². The van der Waals surface area contributed by atoms with Crippen LogP contribution in [0.25, 0.3) is 0 Å². The number of para-hydroxylation sites is 1. The van der Waals surface area contributed by atoms with Crippen molar-refractivity contribution in [2.45, 2.75) is 6.92 Å². The van der Waals surface area contributed by atoms with Crippen LogP contribution in [-0.2, 0) is 7.05 Å². The van der Waals surface area contributed by atoms with E-state index < -0.39 is 19.0 Å². The second-order valence-electron chi connectivity index (χ2n) is 4.29. The average Bonchev–Trinajstić information content (AvgIpc) is 2.63. The molecular weight excluding hydrogens is 264 g/mol. The number of carbonyl (C=O) groups is 1. The molecule has 0 unspecified atom stereocenters. The molecule has 6 nitrogen and oxygen atoms in total. The maximum Gasteiger partial charge on any atom is 0.490 e. The Morgan fingerprint density at radius 3 is 2.60 bits per heavy atom. The van der Waals surface area contributed by atoms with E-state index in [1.807, 2.05) is 0 Å². The monoisotopic (exact) mass is 277 g/mol. The fourth-order valence-corrected chi connectivity index (χ4v) is 1.91. The molecule has 0 fully saturated rings. The first-order chi connectivity index (χ1) is 9.41. The predicted molar refractivity (Wildman–Crippen MR) is 72.1 cm³/mol. The minimum Gasteiger partial charge on any atom is -0.423 e. The van der Waals surface area contributed by atoms with Crippen LogP contribution in [0.3, 0.4) is 0 Å². The van der Waals surface area contributed by atoms with Gasteiger partial charge in [0.15, 0.2) is 0 Å². The van der Waals surface area contributed by atoms with Gasteiger partial charge in [-0.15, -0.1) is 0 Å². The number of nitrogens with zero attached hydrogens (tertiary/aromatic N) is 2. The average molecular weight is 277 g/mol. The lowest BCUT2D eigenvalue weighted by Gasteiger charge is -2.10. The SMILES string of the molecule is Cc1nn(C)c(F)c1C(=O)Nc1ccccc1B(O)O. The first kappa shape index (κ1) is 14.2. The van der Waals surface area contributed by atoms with Crippen LogP contribution in [0.1, 0.15) is 16.1 Å². The number of aromatic nitrogens is 2. The molecule has 20 heavy (non-hydrogen) atoms. The summed E-state index contributed by atoms with van der Waals surface area (Å²) in [4.78, 5) is 12.1. The third-order valence-corrected chi connectivity index (χ3v) is 2.87. The van der Waals surface area contributed by atoms with Crippen LogP contribution in [0.15, 0.2) is 24.3 Å². The highest BCUT2D eigenvalue weighted by Gasteiger charge is 2.23. The number of benzene rings is 1. The summed E-state index contributed by atoms with van der Waals surface area (Å²) in [5.74, 6) is -1.44. The van der Waals surface area contributed by atoms with Crippen LogP contribution in [0.4, 0.5) is 10.1 Å². The number of hydrogen-bond acceptors (Lipinski definition) is 4. The fraction of sp³-hybridized carbons (Fsp3) is 0.167. The van der Waals surface area contributed by atoms with E-state index in [4.69, 9.17) is 0 Å².